The van der Waals surface area contributed by atoms with Gasteiger partial charge in [-0.05, 0) is 30.5 Å². The molecule has 15 heavy (non-hydrogen) atoms. The Morgan fingerprint density at radius 3 is 2.60 bits per heavy atom. The van der Waals surface area contributed by atoms with Crippen LogP contribution in [0.2, 0.25) is 0 Å². The summed E-state index contributed by atoms with van der Waals surface area (Å²) in [5.74, 6) is 1.28. The Morgan fingerprint density at radius 2 is 2.00 bits per heavy atom. The van der Waals surface area contributed by atoms with Crippen LogP contribution in [0.3, 0.4) is 0 Å². The zero-order valence-electron chi connectivity index (χ0n) is 9.40. The fraction of sp³-hybridized carbons (Fsp3) is 0.500. The van der Waals surface area contributed by atoms with Crippen molar-refractivity contribution in [3.05, 3.63) is 29.8 Å². The van der Waals surface area contributed by atoms with Gasteiger partial charge in [-0.1, -0.05) is 18.2 Å². The molecule has 0 saturated carbocycles. The Morgan fingerprint density at radius 1 is 1.27 bits per heavy atom. The van der Waals surface area contributed by atoms with Gasteiger partial charge in [0.25, 0.3) is 0 Å². The Hall–Kier alpha value is -1.06. The fourth-order valence-corrected chi connectivity index (χ4v) is 1.63. The molecule has 3 heteroatoms. The highest BCUT2D eigenvalue weighted by atomic mass is 16.5. The van der Waals surface area contributed by atoms with Gasteiger partial charge in [0, 0.05) is 7.11 Å². The molecule has 1 atom stereocenters. The first kappa shape index (κ1) is 12.0. The van der Waals surface area contributed by atoms with Gasteiger partial charge < -0.3 is 15.2 Å². The molecule has 0 radical (unpaired) electrons. The number of hydrogen-bond donors (Lipinski definition) is 1. The summed E-state index contributed by atoms with van der Waals surface area (Å²) < 4.78 is 10.4. The van der Waals surface area contributed by atoms with Gasteiger partial charge in [0.1, 0.15) is 5.75 Å². The van der Waals surface area contributed by atoms with Crippen LogP contribution in [0.1, 0.15) is 5.56 Å². The molecule has 3 nitrogen and oxygen atoms in total. The predicted octanol–water partition coefficient (Wildman–Crippen LogP) is 1.46. The fourth-order valence-electron chi connectivity index (χ4n) is 1.63. The van der Waals surface area contributed by atoms with Crippen molar-refractivity contribution in [2.45, 2.75) is 6.42 Å². The summed E-state index contributed by atoms with van der Waals surface area (Å²) >= 11 is 0. The van der Waals surface area contributed by atoms with Crippen LogP contribution in [-0.2, 0) is 11.2 Å². The van der Waals surface area contributed by atoms with Gasteiger partial charge in [-0.3, -0.25) is 0 Å². The van der Waals surface area contributed by atoms with E-state index in [1.807, 2.05) is 18.2 Å². The Labute approximate surface area is 91.2 Å². The lowest BCUT2D eigenvalue weighted by Gasteiger charge is -2.15. The number of benzene rings is 1. The maximum Gasteiger partial charge on any atom is 0.122 e. The molecule has 1 rings (SSSR count). The molecule has 1 aromatic rings. The average molecular weight is 209 g/mol. The largest absolute Gasteiger partial charge is 0.496 e. The lowest BCUT2D eigenvalue weighted by Crippen LogP contribution is -2.21. The molecule has 0 bridgehead atoms. The molecule has 0 saturated heterocycles. The van der Waals surface area contributed by atoms with Gasteiger partial charge in [-0.2, -0.15) is 0 Å². The monoisotopic (exact) mass is 209 g/mol. The van der Waals surface area contributed by atoms with E-state index in [9.17, 15) is 0 Å². The third-order valence-electron chi connectivity index (χ3n) is 2.44. The summed E-state index contributed by atoms with van der Waals surface area (Å²) in [7, 11) is 3.39. The second kappa shape index (κ2) is 6.43. The average Bonchev–Trinajstić information content (AvgIpc) is 2.29. The van der Waals surface area contributed by atoms with Crippen molar-refractivity contribution in [3.8, 4) is 5.75 Å². The molecular weight excluding hydrogens is 190 g/mol. The summed E-state index contributed by atoms with van der Waals surface area (Å²) in [4.78, 5) is 0. The van der Waals surface area contributed by atoms with E-state index in [2.05, 4.69) is 6.07 Å². The molecule has 2 N–H and O–H groups in total. The number of methoxy groups -OCH3 is 2. The molecule has 1 aromatic carbocycles. The van der Waals surface area contributed by atoms with Crippen LogP contribution in [0.25, 0.3) is 0 Å². The lowest BCUT2D eigenvalue weighted by molar-refractivity contribution is 0.155. The molecule has 0 aromatic heterocycles. The van der Waals surface area contributed by atoms with Gasteiger partial charge in [0.15, 0.2) is 0 Å². The number of hydrogen-bond acceptors (Lipinski definition) is 3. The Balaban J connectivity index is 2.69. The third kappa shape index (κ3) is 3.53. The van der Waals surface area contributed by atoms with Gasteiger partial charge in [-0.15, -0.1) is 0 Å². The van der Waals surface area contributed by atoms with E-state index in [1.54, 1.807) is 14.2 Å². The van der Waals surface area contributed by atoms with Crippen molar-refractivity contribution in [2.75, 3.05) is 27.4 Å². The van der Waals surface area contributed by atoms with Gasteiger partial charge in [-0.25, -0.2) is 0 Å². The summed E-state index contributed by atoms with van der Waals surface area (Å²) in [6, 6.07) is 8.02. The van der Waals surface area contributed by atoms with E-state index in [1.165, 1.54) is 5.56 Å². The summed E-state index contributed by atoms with van der Waals surface area (Å²) in [6.07, 6.45) is 0.897. The molecule has 0 aliphatic heterocycles. The highest BCUT2D eigenvalue weighted by molar-refractivity contribution is 5.33. The maximum absolute atomic E-state index is 5.68. The first-order chi connectivity index (χ1) is 7.31. The zero-order chi connectivity index (χ0) is 11.1. The van der Waals surface area contributed by atoms with Crippen molar-refractivity contribution in [1.82, 2.24) is 0 Å². The second-order valence-corrected chi connectivity index (χ2v) is 3.57. The molecule has 0 fully saturated rings. The van der Waals surface area contributed by atoms with Gasteiger partial charge in [0.2, 0.25) is 0 Å². The van der Waals surface area contributed by atoms with Crippen LogP contribution in [0.5, 0.6) is 5.75 Å². The van der Waals surface area contributed by atoms with E-state index < -0.39 is 0 Å². The molecular formula is C12H19NO2. The molecule has 0 amide bonds. The van der Waals surface area contributed by atoms with Crippen LogP contribution >= 0.6 is 0 Å². The van der Waals surface area contributed by atoms with Crippen molar-refractivity contribution >= 4 is 0 Å². The third-order valence-corrected chi connectivity index (χ3v) is 2.44. The summed E-state index contributed by atoms with van der Waals surface area (Å²) in [6.45, 7) is 1.32. The minimum absolute atomic E-state index is 0.353. The standard InChI is InChI=1S/C12H19NO2/c1-14-9-10(8-13)7-11-5-3-4-6-12(11)15-2/h3-6,10H,7-9,13H2,1-2H3. The van der Waals surface area contributed by atoms with Crippen LogP contribution in [0, 0.1) is 5.92 Å². The molecule has 0 spiro atoms. The Kier molecular flexibility index (Phi) is 5.15. The quantitative estimate of drug-likeness (QED) is 0.771. The van der Waals surface area contributed by atoms with Crippen LogP contribution < -0.4 is 10.5 Å². The summed E-state index contributed by atoms with van der Waals surface area (Å²) in [5, 5.41) is 0. The van der Waals surface area contributed by atoms with E-state index in [0.29, 0.717) is 19.1 Å². The van der Waals surface area contributed by atoms with Crippen LogP contribution in [0.4, 0.5) is 0 Å². The highest BCUT2D eigenvalue weighted by Crippen LogP contribution is 2.20. The van der Waals surface area contributed by atoms with E-state index in [-0.39, 0.29) is 0 Å². The van der Waals surface area contributed by atoms with Gasteiger partial charge in [0.05, 0.1) is 13.7 Å². The van der Waals surface area contributed by atoms with Crippen LogP contribution in [-0.4, -0.2) is 27.4 Å². The summed E-state index contributed by atoms with van der Waals surface area (Å²) in [5.41, 5.74) is 6.86. The molecule has 84 valence electrons. The first-order valence-corrected chi connectivity index (χ1v) is 5.12. The number of nitrogens with two attached hydrogens (primary N) is 1. The smallest absolute Gasteiger partial charge is 0.122 e. The molecule has 0 heterocycles. The van der Waals surface area contributed by atoms with Crippen molar-refractivity contribution < 1.29 is 9.47 Å². The van der Waals surface area contributed by atoms with E-state index in [4.69, 9.17) is 15.2 Å². The SMILES string of the molecule is COCC(CN)Cc1ccccc1OC. The van der Waals surface area contributed by atoms with E-state index in [0.717, 1.165) is 12.2 Å². The lowest BCUT2D eigenvalue weighted by atomic mass is 9.99. The number of rotatable bonds is 6. The highest BCUT2D eigenvalue weighted by Gasteiger charge is 2.10. The molecule has 1 unspecified atom stereocenters. The van der Waals surface area contributed by atoms with Crippen LogP contribution in [0.15, 0.2) is 24.3 Å². The zero-order valence-corrected chi connectivity index (χ0v) is 9.40. The van der Waals surface area contributed by atoms with Crippen molar-refractivity contribution in [1.29, 1.82) is 0 Å². The van der Waals surface area contributed by atoms with Crippen molar-refractivity contribution in [3.63, 3.8) is 0 Å². The first-order valence-electron chi connectivity index (χ1n) is 5.12. The second-order valence-electron chi connectivity index (χ2n) is 3.57. The van der Waals surface area contributed by atoms with Crippen molar-refractivity contribution in [2.24, 2.45) is 11.7 Å². The minimum atomic E-state index is 0.353. The topological polar surface area (TPSA) is 44.5 Å². The molecule has 0 aliphatic rings. The normalized spacial score (nSPS) is 12.5. The number of para-hydroxylation sites is 1. The van der Waals surface area contributed by atoms with Gasteiger partial charge >= 0.3 is 0 Å². The Bertz CT molecular complexity index is 289. The predicted molar refractivity (Wildman–Crippen MR) is 61.1 cm³/mol. The number of ether oxygens (including phenoxy) is 2. The maximum atomic E-state index is 5.68. The molecule has 0 aliphatic carbocycles. The van der Waals surface area contributed by atoms with E-state index >= 15 is 0 Å². The minimum Gasteiger partial charge on any atom is -0.496 e.